The molecule has 1 saturated heterocycles. The first-order valence-electron chi connectivity index (χ1n) is 8.26. The number of fused-ring (bicyclic) bond motifs is 1. The maximum Gasteiger partial charge on any atom is 0.428 e. The van der Waals surface area contributed by atoms with Crippen LogP contribution in [0.15, 0.2) is 0 Å². The molecule has 0 unspecified atom stereocenters. The molecule has 27 heavy (non-hydrogen) atoms. The highest BCUT2D eigenvalue weighted by Gasteiger charge is 2.50. The van der Waals surface area contributed by atoms with E-state index in [0.717, 1.165) is 17.7 Å². The summed E-state index contributed by atoms with van der Waals surface area (Å²) in [6.07, 6.45) is -3.16. The highest BCUT2D eigenvalue weighted by Crippen LogP contribution is 2.41. The molecule has 1 saturated carbocycles. The molecule has 2 heterocycles. The van der Waals surface area contributed by atoms with Gasteiger partial charge in [0.15, 0.2) is 10.8 Å². The number of nitrogen functional groups attached to an aromatic ring is 1. The van der Waals surface area contributed by atoms with Gasteiger partial charge in [-0.2, -0.15) is 13.2 Å². The van der Waals surface area contributed by atoms with Crippen LogP contribution in [0.2, 0.25) is 0 Å². The van der Waals surface area contributed by atoms with Crippen LogP contribution in [0.4, 0.5) is 18.3 Å². The van der Waals surface area contributed by atoms with Crippen molar-refractivity contribution in [3.8, 4) is 0 Å². The zero-order chi connectivity index (χ0) is 19.9. The Labute approximate surface area is 156 Å². The number of likely N-dealkylation sites (N-methyl/N-ethyl adjacent to an activating group) is 1. The predicted octanol–water partition coefficient (Wildman–Crippen LogP) is 0.457. The quantitative estimate of drug-likeness (QED) is 0.658. The normalized spacial score (nSPS) is 24.0. The Bertz CT molecular complexity index is 781. The van der Waals surface area contributed by atoms with E-state index in [-0.39, 0.29) is 53.2 Å². The Balaban J connectivity index is 1.54. The third-order valence-electron chi connectivity index (χ3n) is 4.87. The Morgan fingerprint density at radius 3 is 2.67 bits per heavy atom. The molecule has 12 heteroatoms. The summed E-state index contributed by atoms with van der Waals surface area (Å²) in [5, 5.41) is 4.91. The van der Waals surface area contributed by atoms with E-state index in [4.69, 9.17) is 5.73 Å². The van der Waals surface area contributed by atoms with Crippen LogP contribution in [0.1, 0.15) is 28.2 Å². The first-order chi connectivity index (χ1) is 12.6. The summed E-state index contributed by atoms with van der Waals surface area (Å²) in [4.78, 5) is 39.4. The lowest BCUT2D eigenvalue weighted by atomic mass is 9.72. The molecule has 3 rings (SSSR count). The Morgan fingerprint density at radius 2 is 2.11 bits per heavy atom. The van der Waals surface area contributed by atoms with Gasteiger partial charge >= 0.3 is 6.18 Å². The fraction of sp³-hybridized carbons (Fsp3) is 0.600. The first-order valence-corrected chi connectivity index (χ1v) is 9.08. The van der Waals surface area contributed by atoms with Gasteiger partial charge < -0.3 is 21.3 Å². The number of rotatable bonds is 5. The van der Waals surface area contributed by atoms with E-state index in [1.54, 1.807) is 0 Å². The minimum absolute atomic E-state index is 0.0100. The van der Waals surface area contributed by atoms with Crippen molar-refractivity contribution >= 4 is 34.2 Å². The standard InChI is InChI=1S/C15H18F3N5O3S/c1-23(13(26)9-10(15(16,17)18)27-14(19)22-9)5-4-20-12(25)8-6-2-3-7(6)11(24)21-8/h6-8H,2-5H2,1H3,(H2,19,22)(H,20,25)(H,21,24)/t6-,7+,8-/m1/s1. The largest absolute Gasteiger partial charge is 0.428 e. The molecular formula is C15H18F3N5O3S. The Hall–Kier alpha value is -2.37. The molecule has 3 amide bonds. The molecule has 1 aromatic heterocycles. The second-order valence-corrected chi connectivity index (χ2v) is 7.61. The number of carbonyl (C=O) groups excluding carboxylic acids is 3. The van der Waals surface area contributed by atoms with Crippen molar-refractivity contribution in [1.29, 1.82) is 0 Å². The molecule has 0 bridgehead atoms. The van der Waals surface area contributed by atoms with Gasteiger partial charge in [0.25, 0.3) is 5.91 Å². The van der Waals surface area contributed by atoms with Gasteiger partial charge in [-0.1, -0.05) is 11.3 Å². The van der Waals surface area contributed by atoms with Crippen molar-refractivity contribution in [2.45, 2.75) is 25.1 Å². The molecule has 1 aliphatic heterocycles. The molecule has 1 aliphatic carbocycles. The lowest BCUT2D eigenvalue weighted by Gasteiger charge is -2.30. The number of amides is 3. The molecule has 0 radical (unpaired) electrons. The molecule has 2 aliphatic rings. The SMILES string of the molecule is CN(CCNC(=O)[C@@H]1NC(=O)[C@H]2CC[C@H]21)C(=O)c1nc(N)sc1C(F)(F)F. The molecular weight excluding hydrogens is 387 g/mol. The summed E-state index contributed by atoms with van der Waals surface area (Å²) >= 11 is 0.204. The van der Waals surface area contributed by atoms with Gasteiger partial charge in [0.2, 0.25) is 11.8 Å². The van der Waals surface area contributed by atoms with Gasteiger partial charge in [-0.3, -0.25) is 14.4 Å². The van der Waals surface area contributed by atoms with Gasteiger partial charge in [0, 0.05) is 26.1 Å². The topological polar surface area (TPSA) is 117 Å². The summed E-state index contributed by atoms with van der Waals surface area (Å²) in [7, 11) is 1.31. The molecule has 2 fully saturated rings. The van der Waals surface area contributed by atoms with Gasteiger partial charge in [-0.05, 0) is 18.8 Å². The number of aromatic nitrogens is 1. The Kier molecular flexibility index (Phi) is 5.02. The number of alkyl halides is 3. The van der Waals surface area contributed by atoms with E-state index in [0.29, 0.717) is 0 Å². The molecule has 3 atom stereocenters. The van der Waals surface area contributed by atoms with Crippen LogP contribution < -0.4 is 16.4 Å². The number of nitrogens with two attached hydrogens (primary N) is 1. The molecule has 0 spiro atoms. The monoisotopic (exact) mass is 405 g/mol. The van der Waals surface area contributed by atoms with Crippen molar-refractivity contribution in [2.24, 2.45) is 11.8 Å². The Morgan fingerprint density at radius 1 is 1.41 bits per heavy atom. The summed E-state index contributed by atoms with van der Waals surface area (Å²) < 4.78 is 38.9. The molecule has 0 aromatic carbocycles. The van der Waals surface area contributed by atoms with Gasteiger partial charge in [0.05, 0.1) is 0 Å². The number of halogens is 3. The van der Waals surface area contributed by atoms with Crippen molar-refractivity contribution in [2.75, 3.05) is 25.9 Å². The van der Waals surface area contributed by atoms with Crippen LogP contribution >= 0.6 is 11.3 Å². The number of thiazole rings is 1. The molecule has 1 aromatic rings. The first kappa shape index (κ1) is 19.4. The highest BCUT2D eigenvalue weighted by atomic mass is 32.1. The van der Waals surface area contributed by atoms with Crippen LogP contribution in [0.3, 0.4) is 0 Å². The van der Waals surface area contributed by atoms with Crippen LogP contribution in [-0.4, -0.2) is 53.8 Å². The predicted molar refractivity (Wildman–Crippen MR) is 89.6 cm³/mol. The van der Waals surface area contributed by atoms with Crippen molar-refractivity contribution in [1.82, 2.24) is 20.5 Å². The van der Waals surface area contributed by atoms with Gasteiger partial charge in [-0.15, -0.1) is 0 Å². The number of anilines is 1. The lowest BCUT2D eigenvalue weighted by Crippen LogP contribution is -2.47. The third kappa shape index (κ3) is 3.70. The summed E-state index contributed by atoms with van der Waals surface area (Å²) in [5.41, 5.74) is 4.56. The number of nitrogens with zero attached hydrogens (tertiary/aromatic N) is 2. The van der Waals surface area contributed by atoms with E-state index in [1.807, 2.05) is 0 Å². The zero-order valence-electron chi connectivity index (χ0n) is 14.3. The van der Waals surface area contributed by atoms with Crippen molar-refractivity contribution in [3.63, 3.8) is 0 Å². The maximum absolute atomic E-state index is 13.0. The van der Waals surface area contributed by atoms with Crippen LogP contribution in [-0.2, 0) is 15.8 Å². The second-order valence-electron chi connectivity index (χ2n) is 6.58. The minimum Gasteiger partial charge on any atom is -0.375 e. The fourth-order valence-corrected chi connectivity index (χ4v) is 3.98. The van der Waals surface area contributed by atoms with Crippen molar-refractivity contribution in [3.05, 3.63) is 10.6 Å². The van der Waals surface area contributed by atoms with Crippen LogP contribution in [0.5, 0.6) is 0 Å². The van der Waals surface area contributed by atoms with Gasteiger partial charge in [0.1, 0.15) is 10.9 Å². The number of carbonyl (C=O) groups is 3. The molecule has 4 N–H and O–H groups in total. The van der Waals surface area contributed by atoms with E-state index >= 15 is 0 Å². The number of hydrogen-bond donors (Lipinski definition) is 3. The van der Waals surface area contributed by atoms with Crippen LogP contribution in [0.25, 0.3) is 0 Å². The van der Waals surface area contributed by atoms with E-state index < -0.39 is 28.7 Å². The minimum atomic E-state index is -4.73. The summed E-state index contributed by atoms with van der Waals surface area (Å²) in [6, 6.07) is -0.590. The molecule has 148 valence electrons. The summed E-state index contributed by atoms with van der Waals surface area (Å²) in [6.45, 7) is 0.0138. The average molecular weight is 405 g/mol. The molecule has 8 nitrogen and oxygen atoms in total. The van der Waals surface area contributed by atoms with E-state index in [1.165, 1.54) is 7.05 Å². The average Bonchev–Trinajstić information content (AvgIpc) is 3.03. The zero-order valence-corrected chi connectivity index (χ0v) is 15.1. The highest BCUT2D eigenvalue weighted by molar-refractivity contribution is 7.15. The number of nitrogens with one attached hydrogen (secondary N) is 2. The van der Waals surface area contributed by atoms with Gasteiger partial charge in [-0.25, -0.2) is 4.98 Å². The van der Waals surface area contributed by atoms with E-state index in [9.17, 15) is 27.6 Å². The smallest absolute Gasteiger partial charge is 0.375 e. The van der Waals surface area contributed by atoms with Crippen molar-refractivity contribution < 1.29 is 27.6 Å². The number of hydrogen-bond acceptors (Lipinski definition) is 6. The fourth-order valence-electron chi connectivity index (χ4n) is 3.29. The lowest BCUT2D eigenvalue weighted by molar-refractivity contribution is -0.135. The third-order valence-corrected chi connectivity index (χ3v) is 5.80. The van der Waals surface area contributed by atoms with E-state index in [2.05, 4.69) is 15.6 Å². The second kappa shape index (κ2) is 6.98. The van der Waals surface area contributed by atoms with Crippen LogP contribution in [0, 0.1) is 11.8 Å². The maximum atomic E-state index is 13.0. The summed E-state index contributed by atoms with van der Waals surface area (Å²) in [5.74, 6) is -1.53.